The number of hydrogen-bond acceptors (Lipinski definition) is 2. The van der Waals surface area contributed by atoms with Crippen LogP contribution in [0.25, 0.3) is 0 Å². The summed E-state index contributed by atoms with van der Waals surface area (Å²) < 4.78 is 0. The Morgan fingerprint density at radius 1 is 1.25 bits per heavy atom. The molecule has 0 heterocycles. The van der Waals surface area contributed by atoms with Gasteiger partial charge in [0.05, 0.1) is 0 Å². The van der Waals surface area contributed by atoms with Gasteiger partial charge in [0.15, 0.2) is 4.84 Å². The van der Waals surface area contributed by atoms with E-state index in [0.29, 0.717) is 0 Å². The number of nitrogens with zero attached hydrogens (tertiary/aromatic N) is 1. The number of halogens is 2. The van der Waals surface area contributed by atoms with E-state index in [2.05, 4.69) is 5.16 Å². The quantitative estimate of drug-likeness (QED) is 0.341. The Balaban J connectivity index is 2.97. The van der Waals surface area contributed by atoms with Crippen LogP contribution < -0.4 is 0 Å². The highest BCUT2D eigenvalue weighted by Gasteiger charge is 2.11. The predicted octanol–water partition coefficient (Wildman–Crippen LogP) is 2.67. The number of hydrogen-bond donors (Lipinski definition) is 1. The molecule has 1 rings (SSSR count). The molecule has 2 nitrogen and oxygen atoms in total. The molecule has 12 heavy (non-hydrogen) atoms. The van der Waals surface area contributed by atoms with E-state index >= 15 is 0 Å². The maximum atomic E-state index is 8.57. The van der Waals surface area contributed by atoms with Gasteiger partial charge in [-0.2, -0.15) is 0 Å². The van der Waals surface area contributed by atoms with Crippen molar-refractivity contribution in [3.63, 3.8) is 0 Å². The fourth-order valence-corrected chi connectivity index (χ4v) is 1.18. The van der Waals surface area contributed by atoms with E-state index in [0.717, 1.165) is 5.56 Å². The van der Waals surface area contributed by atoms with Gasteiger partial charge in [-0.05, 0) is 0 Å². The van der Waals surface area contributed by atoms with Crippen LogP contribution in [-0.2, 0) is 0 Å². The number of rotatable bonds is 2. The topological polar surface area (TPSA) is 32.6 Å². The second-order valence-electron chi connectivity index (χ2n) is 2.15. The smallest absolute Gasteiger partial charge is 0.153 e. The molecule has 0 spiro atoms. The molecule has 0 aromatic heterocycles. The SMILES string of the molecule is ON=C(c1ccccc1)C(Cl)Cl. The molecule has 64 valence electrons. The van der Waals surface area contributed by atoms with Crippen molar-refractivity contribution in [1.29, 1.82) is 0 Å². The van der Waals surface area contributed by atoms with Gasteiger partial charge in [0.25, 0.3) is 0 Å². The summed E-state index contributed by atoms with van der Waals surface area (Å²) in [7, 11) is 0. The van der Waals surface area contributed by atoms with E-state index in [1.807, 2.05) is 18.2 Å². The molecule has 0 aliphatic rings. The maximum Gasteiger partial charge on any atom is 0.153 e. The van der Waals surface area contributed by atoms with Crippen LogP contribution in [0, 0.1) is 0 Å². The first-order valence-electron chi connectivity index (χ1n) is 3.31. The zero-order valence-corrected chi connectivity index (χ0v) is 7.63. The third-order valence-electron chi connectivity index (χ3n) is 1.38. The van der Waals surface area contributed by atoms with Gasteiger partial charge < -0.3 is 5.21 Å². The lowest BCUT2D eigenvalue weighted by molar-refractivity contribution is 0.319. The Labute approximate surface area is 80.4 Å². The first-order chi connectivity index (χ1) is 5.75. The molecule has 0 aliphatic carbocycles. The van der Waals surface area contributed by atoms with Crippen molar-refractivity contribution < 1.29 is 5.21 Å². The first-order valence-corrected chi connectivity index (χ1v) is 4.18. The number of alkyl halides is 2. The molecule has 0 fully saturated rings. The highest BCUT2D eigenvalue weighted by molar-refractivity contribution is 6.56. The molecule has 0 unspecified atom stereocenters. The van der Waals surface area contributed by atoms with Gasteiger partial charge in [-0.1, -0.05) is 58.7 Å². The summed E-state index contributed by atoms with van der Waals surface area (Å²) in [6.07, 6.45) is 0. The summed E-state index contributed by atoms with van der Waals surface area (Å²) in [4.78, 5) is -0.808. The van der Waals surface area contributed by atoms with Crippen LogP contribution in [0.3, 0.4) is 0 Å². The van der Waals surface area contributed by atoms with Crippen molar-refractivity contribution in [3.8, 4) is 0 Å². The first kappa shape index (κ1) is 9.36. The molecule has 1 N–H and O–H groups in total. The zero-order valence-electron chi connectivity index (χ0n) is 6.11. The third kappa shape index (κ3) is 2.13. The molecule has 0 amide bonds. The molecule has 0 aliphatic heterocycles. The van der Waals surface area contributed by atoms with Gasteiger partial charge in [-0.3, -0.25) is 0 Å². The van der Waals surface area contributed by atoms with Gasteiger partial charge in [0, 0.05) is 5.56 Å². The lowest BCUT2D eigenvalue weighted by Gasteiger charge is -2.03. The van der Waals surface area contributed by atoms with Crippen molar-refractivity contribution in [3.05, 3.63) is 35.9 Å². The molecule has 0 atom stereocenters. The molecule has 0 saturated carbocycles. The molecule has 0 bridgehead atoms. The van der Waals surface area contributed by atoms with E-state index in [-0.39, 0.29) is 5.71 Å². The minimum absolute atomic E-state index is 0.263. The average Bonchev–Trinajstić information content (AvgIpc) is 2.07. The van der Waals surface area contributed by atoms with Gasteiger partial charge in [0.1, 0.15) is 5.71 Å². The summed E-state index contributed by atoms with van der Waals surface area (Å²) in [5.74, 6) is 0. The minimum Gasteiger partial charge on any atom is -0.411 e. The lowest BCUT2D eigenvalue weighted by atomic mass is 10.1. The summed E-state index contributed by atoms with van der Waals surface area (Å²) >= 11 is 11.1. The Bertz CT molecular complexity index is 272. The summed E-state index contributed by atoms with van der Waals surface area (Å²) in [5, 5.41) is 11.6. The number of oxime groups is 1. The van der Waals surface area contributed by atoms with Crippen LogP contribution in [0.1, 0.15) is 5.56 Å². The van der Waals surface area contributed by atoms with Crippen LogP contribution in [0.2, 0.25) is 0 Å². The van der Waals surface area contributed by atoms with E-state index in [1.165, 1.54) is 0 Å². The van der Waals surface area contributed by atoms with Crippen LogP contribution in [0.4, 0.5) is 0 Å². The van der Waals surface area contributed by atoms with Crippen molar-refractivity contribution in [2.75, 3.05) is 0 Å². The highest BCUT2D eigenvalue weighted by atomic mass is 35.5. The second-order valence-corrected chi connectivity index (χ2v) is 3.25. The fraction of sp³-hybridized carbons (Fsp3) is 0.125. The average molecular weight is 204 g/mol. The maximum absolute atomic E-state index is 8.57. The molecule has 1 aromatic rings. The third-order valence-corrected chi connectivity index (χ3v) is 1.80. The Kier molecular flexibility index (Phi) is 3.38. The Morgan fingerprint density at radius 2 is 1.83 bits per heavy atom. The van der Waals surface area contributed by atoms with Gasteiger partial charge in [0.2, 0.25) is 0 Å². The standard InChI is InChI=1S/C8H7Cl2NO/c9-8(10)7(11-12)6-4-2-1-3-5-6/h1-5,8,12H. The minimum atomic E-state index is -0.808. The molecular formula is C8H7Cl2NO. The van der Waals surface area contributed by atoms with Crippen LogP contribution in [0.15, 0.2) is 35.5 Å². The van der Waals surface area contributed by atoms with Gasteiger partial charge >= 0.3 is 0 Å². The normalized spacial score (nSPS) is 12.1. The summed E-state index contributed by atoms with van der Waals surface area (Å²) in [5.41, 5.74) is 0.980. The molecular weight excluding hydrogens is 197 g/mol. The largest absolute Gasteiger partial charge is 0.411 e. The van der Waals surface area contributed by atoms with E-state index in [1.54, 1.807) is 12.1 Å². The fourth-order valence-electron chi connectivity index (χ4n) is 0.836. The molecule has 0 radical (unpaired) electrons. The summed E-state index contributed by atoms with van der Waals surface area (Å²) in [6.45, 7) is 0. The van der Waals surface area contributed by atoms with Gasteiger partial charge in [-0.25, -0.2) is 0 Å². The van der Waals surface area contributed by atoms with Crippen molar-refractivity contribution in [1.82, 2.24) is 0 Å². The van der Waals surface area contributed by atoms with Crippen molar-refractivity contribution in [2.24, 2.45) is 5.16 Å². The van der Waals surface area contributed by atoms with Gasteiger partial charge in [-0.15, -0.1) is 0 Å². The van der Waals surface area contributed by atoms with Crippen LogP contribution in [0.5, 0.6) is 0 Å². The van der Waals surface area contributed by atoms with E-state index in [4.69, 9.17) is 28.4 Å². The monoisotopic (exact) mass is 203 g/mol. The Morgan fingerprint density at radius 3 is 2.25 bits per heavy atom. The molecule has 1 aromatic carbocycles. The van der Waals surface area contributed by atoms with Crippen LogP contribution in [-0.4, -0.2) is 15.8 Å². The Hall–Kier alpha value is -0.730. The molecule has 4 heteroatoms. The predicted molar refractivity (Wildman–Crippen MR) is 50.3 cm³/mol. The van der Waals surface area contributed by atoms with E-state index < -0.39 is 4.84 Å². The highest BCUT2D eigenvalue weighted by Crippen LogP contribution is 2.12. The van der Waals surface area contributed by atoms with Crippen molar-refractivity contribution in [2.45, 2.75) is 4.84 Å². The van der Waals surface area contributed by atoms with Crippen molar-refractivity contribution >= 4 is 28.9 Å². The number of benzene rings is 1. The second kappa shape index (κ2) is 4.33. The van der Waals surface area contributed by atoms with E-state index in [9.17, 15) is 0 Å². The molecule has 0 saturated heterocycles. The van der Waals surface area contributed by atoms with Crippen LogP contribution >= 0.6 is 23.2 Å². The zero-order chi connectivity index (χ0) is 8.97. The summed E-state index contributed by atoms with van der Waals surface area (Å²) in [6, 6.07) is 9.03. The lowest BCUT2D eigenvalue weighted by Crippen LogP contribution is -2.09.